The Morgan fingerprint density at radius 3 is 2.65 bits per heavy atom. The lowest BCUT2D eigenvalue weighted by molar-refractivity contribution is 0.581. The van der Waals surface area contributed by atoms with E-state index in [1.165, 1.54) is 6.07 Å². The lowest BCUT2D eigenvalue weighted by atomic mass is 10.2. The summed E-state index contributed by atoms with van der Waals surface area (Å²) in [7, 11) is 0. The second kappa shape index (κ2) is 6.31. The van der Waals surface area contributed by atoms with Crippen LogP contribution in [0.5, 0.6) is 0 Å². The van der Waals surface area contributed by atoms with Crippen molar-refractivity contribution in [3.8, 4) is 0 Å². The fourth-order valence-corrected chi connectivity index (χ4v) is 3.13. The van der Waals surface area contributed by atoms with Crippen LogP contribution in [0.1, 0.15) is 38.0 Å². The second-order valence-electron chi connectivity index (χ2n) is 4.72. The van der Waals surface area contributed by atoms with Gasteiger partial charge >= 0.3 is 0 Å². The second-order valence-corrected chi connectivity index (χ2v) is 6.69. The van der Waals surface area contributed by atoms with Crippen LogP contribution < -0.4 is 0 Å². The molecule has 2 unspecified atom stereocenters. The van der Waals surface area contributed by atoms with Crippen molar-refractivity contribution in [2.45, 2.75) is 32.2 Å². The minimum absolute atomic E-state index is 0.0716. The SMILES string of the molecule is CCSCC(C)n1c(C(C)Cl)nc2c(F)cc(F)cc21. The molecule has 0 aliphatic carbocycles. The first-order chi connectivity index (χ1) is 9.45. The number of thioether (sulfide) groups is 1. The maximum atomic E-state index is 13.9. The van der Waals surface area contributed by atoms with Crippen LogP contribution in [0.25, 0.3) is 11.0 Å². The van der Waals surface area contributed by atoms with E-state index in [-0.39, 0.29) is 16.9 Å². The van der Waals surface area contributed by atoms with E-state index in [9.17, 15) is 8.78 Å². The third kappa shape index (κ3) is 2.93. The highest BCUT2D eigenvalue weighted by molar-refractivity contribution is 7.99. The summed E-state index contributed by atoms with van der Waals surface area (Å²) in [5, 5.41) is -0.362. The smallest absolute Gasteiger partial charge is 0.153 e. The van der Waals surface area contributed by atoms with Gasteiger partial charge in [-0.2, -0.15) is 11.8 Å². The van der Waals surface area contributed by atoms with Crippen molar-refractivity contribution in [1.29, 1.82) is 0 Å². The van der Waals surface area contributed by atoms with Crippen molar-refractivity contribution < 1.29 is 8.78 Å². The molecule has 110 valence electrons. The summed E-state index contributed by atoms with van der Waals surface area (Å²) >= 11 is 7.92. The fourth-order valence-electron chi connectivity index (χ4n) is 2.25. The van der Waals surface area contributed by atoms with Crippen molar-refractivity contribution in [2.24, 2.45) is 0 Å². The molecule has 0 fully saturated rings. The maximum absolute atomic E-state index is 13.9. The Morgan fingerprint density at radius 1 is 1.35 bits per heavy atom. The van der Waals surface area contributed by atoms with Crippen LogP contribution in [0, 0.1) is 11.6 Å². The summed E-state index contributed by atoms with van der Waals surface area (Å²) < 4.78 is 29.2. The van der Waals surface area contributed by atoms with E-state index in [1.807, 2.05) is 11.5 Å². The van der Waals surface area contributed by atoms with Crippen LogP contribution in [0.2, 0.25) is 0 Å². The van der Waals surface area contributed by atoms with E-state index >= 15 is 0 Å². The van der Waals surface area contributed by atoms with Crippen LogP contribution in [-0.4, -0.2) is 21.1 Å². The lowest BCUT2D eigenvalue weighted by Gasteiger charge is -2.18. The molecule has 2 aromatic rings. The molecule has 2 atom stereocenters. The molecule has 2 rings (SSSR count). The average Bonchev–Trinajstić information content (AvgIpc) is 2.75. The van der Waals surface area contributed by atoms with Gasteiger partial charge in [-0.05, 0) is 25.7 Å². The van der Waals surface area contributed by atoms with Gasteiger partial charge in [-0.25, -0.2) is 13.8 Å². The molecule has 1 aromatic carbocycles. The zero-order valence-corrected chi connectivity index (χ0v) is 13.2. The third-order valence-corrected chi connectivity index (χ3v) is 4.42. The standard InChI is InChI=1S/C14H17ClF2N2S/c1-4-20-7-8(2)19-12-6-10(16)5-11(17)13(12)18-14(19)9(3)15/h5-6,8-9H,4,7H2,1-3H3. The van der Waals surface area contributed by atoms with Gasteiger partial charge in [0, 0.05) is 17.9 Å². The van der Waals surface area contributed by atoms with E-state index < -0.39 is 11.6 Å². The molecule has 2 nitrogen and oxygen atoms in total. The van der Waals surface area contributed by atoms with E-state index in [2.05, 4.69) is 11.9 Å². The molecule has 0 saturated heterocycles. The Morgan fingerprint density at radius 2 is 2.05 bits per heavy atom. The van der Waals surface area contributed by atoms with Crippen LogP contribution in [0.3, 0.4) is 0 Å². The molecule has 0 bridgehead atoms. The zero-order valence-electron chi connectivity index (χ0n) is 11.7. The predicted octanol–water partition coefficient (Wildman–Crippen LogP) is 4.93. The summed E-state index contributed by atoms with van der Waals surface area (Å²) in [6.45, 7) is 5.87. The first kappa shape index (κ1) is 15.6. The lowest BCUT2D eigenvalue weighted by Crippen LogP contribution is -2.12. The zero-order chi connectivity index (χ0) is 14.9. The van der Waals surface area contributed by atoms with Gasteiger partial charge in [0.05, 0.1) is 10.9 Å². The Kier molecular flexibility index (Phi) is 4.91. The molecule has 1 aromatic heterocycles. The van der Waals surface area contributed by atoms with Gasteiger partial charge in [-0.3, -0.25) is 0 Å². The summed E-state index contributed by atoms with van der Waals surface area (Å²) in [6, 6.07) is 2.25. The highest BCUT2D eigenvalue weighted by Crippen LogP contribution is 2.31. The average molecular weight is 319 g/mol. The maximum Gasteiger partial charge on any atom is 0.153 e. The number of benzene rings is 1. The van der Waals surface area contributed by atoms with Gasteiger partial charge in [0.1, 0.15) is 17.2 Å². The van der Waals surface area contributed by atoms with Crippen LogP contribution in [0.15, 0.2) is 12.1 Å². The molecule has 20 heavy (non-hydrogen) atoms. The third-order valence-electron chi connectivity index (χ3n) is 3.10. The van der Waals surface area contributed by atoms with E-state index in [0.717, 1.165) is 17.6 Å². The molecular weight excluding hydrogens is 302 g/mol. The van der Waals surface area contributed by atoms with Gasteiger partial charge < -0.3 is 4.57 Å². The summed E-state index contributed by atoms with van der Waals surface area (Å²) in [5.74, 6) is 1.17. The van der Waals surface area contributed by atoms with E-state index in [1.54, 1.807) is 18.7 Å². The van der Waals surface area contributed by atoms with Gasteiger partial charge in [0.15, 0.2) is 5.82 Å². The van der Waals surface area contributed by atoms with Gasteiger partial charge in [-0.15, -0.1) is 11.6 Å². The van der Waals surface area contributed by atoms with Crippen molar-refractivity contribution >= 4 is 34.4 Å². The molecule has 0 N–H and O–H groups in total. The Bertz CT molecular complexity index is 613. The summed E-state index contributed by atoms with van der Waals surface area (Å²) in [5.41, 5.74) is 0.649. The number of hydrogen-bond donors (Lipinski definition) is 0. The topological polar surface area (TPSA) is 17.8 Å². The number of nitrogens with zero attached hydrogens (tertiary/aromatic N) is 2. The normalized spacial score (nSPS) is 14.7. The number of imidazole rings is 1. The van der Waals surface area contributed by atoms with Crippen molar-refractivity contribution in [1.82, 2.24) is 9.55 Å². The Balaban J connectivity index is 2.62. The highest BCUT2D eigenvalue weighted by atomic mass is 35.5. The summed E-state index contributed by atoms with van der Waals surface area (Å²) in [4.78, 5) is 4.26. The number of hydrogen-bond acceptors (Lipinski definition) is 2. The van der Waals surface area contributed by atoms with Crippen molar-refractivity contribution in [2.75, 3.05) is 11.5 Å². The predicted molar refractivity (Wildman–Crippen MR) is 81.6 cm³/mol. The highest BCUT2D eigenvalue weighted by Gasteiger charge is 2.21. The van der Waals surface area contributed by atoms with Crippen LogP contribution in [-0.2, 0) is 0 Å². The number of fused-ring (bicyclic) bond motifs is 1. The molecule has 0 aliphatic rings. The minimum atomic E-state index is -0.646. The molecular formula is C14H17ClF2N2S. The Hall–Kier alpha value is -0.810. The molecule has 1 heterocycles. The first-order valence-corrected chi connectivity index (χ1v) is 8.13. The number of alkyl halides is 1. The number of rotatable bonds is 5. The molecule has 0 saturated carbocycles. The monoisotopic (exact) mass is 318 g/mol. The Labute approximate surface area is 126 Å². The quantitative estimate of drug-likeness (QED) is 0.728. The van der Waals surface area contributed by atoms with Crippen LogP contribution >= 0.6 is 23.4 Å². The molecule has 0 aliphatic heterocycles. The van der Waals surface area contributed by atoms with Crippen molar-refractivity contribution in [3.05, 3.63) is 29.6 Å². The summed E-state index contributed by atoms with van der Waals surface area (Å²) in [6.07, 6.45) is 0. The molecule has 6 heteroatoms. The van der Waals surface area contributed by atoms with Crippen LogP contribution in [0.4, 0.5) is 8.78 Å². The minimum Gasteiger partial charge on any atom is -0.323 e. The molecule has 0 amide bonds. The van der Waals surface area contributed by atoms with Crippen molar-refractivity contribution in [3.63, 3.8) is 0 Å². The number of halogens is 3. The fraction of sp³-hybridized carbons (Fsp3) is 0.500. The largest absolute Gasteiger partial charge is 0.323 e. The van der Waals surface area contributed by atoms with Gasteiger partial charge in [0.25, 0.3) is 0 Å². The first-order valence-electron chi connectivity index (χ1n) is 6.54. The van der Waals surface area contributed by atoms with E-state index in [0.29, 0.717) is 11.3 Å². The molecule has 0 spiro atoms. The van der Waals surface area contributed by atoms with Gasteiger partial charge in [-0.1, -0.05) is 6.92 Å². The molecule has 0 radical (unpaired) electrons. The number of aromatic nitrogens is 2. The van der Waals surface area contributed by atoms with E-state index in [4.69, 9.17) is 11.6 Å². The van der Waals surface area contributed by atoms with Gasteiger partial charge in [0.2, 0.25) is 0 Å².